The molecule has 1 heterocycles. The van der Waals surface area contributed by atoms with Crippen LogP contribution in [0.3, 0.4) is 0 Å². The van der Waals surface area contributed by atoms with E-state index >= 15 is 0 Å². The van der Waals surface area contributed by atoms with Crippen molar-refractivity contribution >= 4 is 35.8 Å². The van der Waals surface area contributed by atoms with Crippen molar-refractivity contribution in [3.63, 3.8) is 0 Å². The Hall–Kier alpha value is -1.30. The molecule has 0 spiro atoms. The fourth-order valence-corrected chi connectivity index (χ4v) is 3.06. The molecule has 2 amide bonds. The maximum absolute atomic E-state index is 12.4. The monoisotopic (exact) mass is 359 g/mol. The molecule has 1 aromatic carbocycles. The molecule has 7 heteroatoms. The third-order valence-corrected chi connectivity index (χ3v) is 4.25. The summed E-state index contributed by atoms with van der Waals surface area (Å²) >= 11 is 6.04. The molecule has 1 aliphatic heterocycles. The minimum atomic E-state index is -0.370. The Labute approximate surface area is 148 Å². The standard InChI is InChI=1S/C16H22ClN3O2.ClH/c1-18-7-4-8-19-16(22)13-10-14(21)20(2)15(13)11-5-3-6-12(17)9-11;/h3,5-6,9,13,15,18H,4,7-8,10H2,1-2H3,(H,19,22);1H. The maximum atomic E-state index is 12.4. The highest BCUT2D eigenvalue weighted by molar-refractivity contribution is 6.30. The zero-order valence-electron chi connectivity index (χ0n) is 13.3. The van der Waals surface area contributed by atoms with Crippen LogP contribution in [-0.4, -0.2) is 43.9 Å². The van der Waals surface area contributed by atoms with Crippen molar-refractivity contribution in [2.75, 3.05) is 27.2 Å². The van der Waals surface area contributed by atoms with Gasteiger partial charge in [-0.05, 0) is 37.7 Å². The second-order valence-electron chi connectivity index (χ2n) is 5.56. The molecule has 0 saturated carbocycles. The van der Waals surface area contributed by atoms with Gasteiger partial charge in [0, 0.05) is 25.0 Å². The predicted molar refractivity (Wildman–Crippen MR) is 93.9 cm³/mol. The molecule has 0 aromatic heterocycles. The summed E-state index contributed by atoms with van der Waals surface area (Å²) in [4.78, 5) is 26.1. The van der Waals surface area contributed by atoms with Crippen molar-refractivity contribution < 1.29 is 9.59 Å². The van der Waals surface area contributed by atoms with E-state index in [9.17, 15) is 9.59 Å². The number of likely N-dealkylation sites (tertiary alicyclic amines) is 1. The lowest BCUT2D eigenvalue weighted by Gasteiger charge is -2.25. The summed E-state index contributed by atoms with van der Waals surface area (Å²) in [6, 6.07) is 7.11. The average molecular weight is 360 g/mol. The van der Waals surface area contributed by atoms with Crippen molar-refractivity contribution in [2.45, 2.75) is 18.9 Å². The van der Waals surface area contributed by atoms with Crippen molar-refractivity contribution in [1.29, 1.82) is 0 Å². The van der Waals surface area contributed by atoms with Gasteiger partial charge >= 0.3 is 0 Å². The van der Waals surface area contributed by atoms with E-state index in [1.165, 1.54) is 0 Å². The zero-order valence-corrected chi connectivity index (χ0v) is 14.9. The van der Waals surface area contributed by atoms with Gasteiger partial charge in [-0.25, -0.2) is 0 Å². The van der Waals surface area contributed by atoms with Crippen LogP contribution < -0.4 is 10.6 Å². The molecule has 128 valence electrons. The molecule has 1 aromatic rings. The van der Waals surface area contributed by atoms with Gasteiger partial charge in [-0.15, -0.1) is 12.4 Å². The van der Waals surface area contributed by atoms with Gasteiger partial charge in [0.05, 0.1) is 12.0 Å². The van der Waals surface area contributed by atoms with Gasteiger partial charge in [0.2, 0.25) is 11.8 Å². The van der Waals surface area contributed by atoms with Gasteiger partial charge in [0.25, 0.3) is 0 Å². The van der Waals surface area contributed by atoms with E-state index in [-0.39, 0.29) is 42.6 Å². The van der Waals surface area contributed by atoms with E-state index in [4.69, 9.17) is 11.6 Å². The number of hydrogen-bond donors (Lipinski definition) is 2. The Morgan fingerprint density at radius 3 is 2.78 bits per heavy atom. The van der Waals surface area contributed by atoms with E-state index in [2.05, 4.69) is 10.6 Å². The number of amides is 2. The van der Waals surface area contributed by atoms with Gasteiger partial charge in [-0.2, -0.15) is 0 Å². The normalized spacial score (nSPS) is 20.3. The molecule has 2 N–H and O–H groups in total. The number of benzene rings is 1. The summed E-state index contributed by atoms with van der Waals surface area (Å²) in [5.41, 5.74) is 0.899. The van der Waals surface area contributed by atoms with Crippen LogP contribution in [0.15, 0.2) is 24.3 Å². The number of carbonyl (C=O) groups is 2. The van der Waals surface area contributed by atoms with Crippen LogP contribution in [0.4, 0.5) is 0 Å². The Morgan fingerprint density at radius 2 is 2.13 bits per heavy atom. The molecule has 2 rings (SSSR count). The van der Waals surface area contributed by atoms with Crippen LogP contribution in [0.2, 0.25) is 5.02 Å². The average Bonchev–Trinajstić information content (AvgIpc) is 2.79. The topological polar surface area (TPSA) is 61.4 Å². The lowest BCUT2D eigenvalue weighted by atomic mass is 9.93. The second-order valence-corrected chi connectivity index (χ2v) is 6.00. The highest BCUT2D eigenvalue weighted by Crippen LogP contribution is 2.37. The van der Waals surface area contributed by atoms with Crippen molar-refractivity contribution in [2.24, 2.45) is 5.92 Å². The molecular weight excluding hydrogens is 337 g/mol. The highest BCUT2D eigenvalue weighted by Gasteiger charge is 2.42. The van der Waals surface area contributed by atoms with Crippen LogP contribution in [-0.2, 0) is 9.59 Å². The summed E-state index contributed by atoms with van der Waals surface area (Å²) in [5, 5.41) is 6.57. The van der Waals surface area contributed by atoms with Gasteiger partial charge < -0.3 is 15.5 Å². The number of nitrogens with zero attached hydrogens (tertiary/aromatic N) is 1. The van der Waals surface area contributed by atoms with E-state index in [1.54, 1.807) is 18.0 Å². The first-order chi connectivity index (χ1) is 10.5. The summed E-state index contributed by atoms with van der Waals surface area (Å²) < 4.78 is 0. The van der Waals surface area contributed by atoms with Crippen LogP contribution >= 0.6 is 24.0 Å². The summed E-state index contributed by atoms with van der Waals surface area (Å²) in [5.74, 6) is -0.454. The third kappa shape index (κ3) is 4.83. The van der Waals surface area contributed by atoms with Crippen LogP contribution in [0, 0.1) is 5.92 Å². The van der Waals surface area contributed by atoms with Crippen LogP contribution in [0.5, 0.6) is 0 Å². The SMILES string of the molecule is CNCCCNC(=O)C1CC(=O)N(C)C1c1cccc(Cl)c1.Cl. The molecule has 1 saturated heterocycles. The number of rotatable bonds is 6. The van der Waals surface area contributed by atoms with E-state index in [0.29, 0.717) is 11.6 Å². The molecule has 1 aliphatic rings. The quantitative estimate of drug-likeness (QED) is 0.763. The molecule has 23 heavy (non-hydrogen) atoms. The minimum absolute atomic E-state index is 0. The Kier molecular flexibility index (Phi) is 7.82. The van der Waals surface area contributed by atoms with Gasteiger partial charge in [-0.1, -0.05) is 23.7 Å². The molecular formula is C16H23Cl2N3O2. The van der Waals surface area contributed by atoms with Crippen molar-refractivity contribution in [1.82, 2.24) is 15.5 Å². The van der Waals surface area contributed by atoms with Crippen molar-refractivity contribution in [3.8, 4) is 0 Å². The lowest BCUT2D eigenvalue weighted by Crippen LogP contribution is -2.35. The fourth-order valence-electron chi connectivity index (χ4n) is 2.86. The van der Waals surface area contributed by atoms with Crippen molar-refractivity contribution in [3.05, 3.63) is 34.9 Å². The van der Waals surface area contributed by atoms with E-state index in [1.807, 2.05) is 25.2 Å². The molecule has 5 nitrogen and oxygen atoms in total. The molecule has 2 unspecified atom stereocenters. The van der Waals surface area contributed by atoms with Gasteiger partial charge in [0.1, 0.15) is 0 Å². The predicted octanol–water partition coefficient (Wildman–Crippen LogP) is 2.01. The van der Waals surface area contributed by atoms with Crippen LogP contribution in [0.1, 0.15) is 24.4 Å². The number of carbonyl (C=O) groups excluding carboxylic acids is 2. The Balaban J connectivity index is 0.00000264. The third-order valence-electron chi connectivity index (χ3n) is 4.02. The number of hydrogen-bond acceptors (Lipinski definition) is 3. The molecule has 0 radical (unpaired) electrons. The van der Waals surface area contributed by atoms with Gasteiger partial charge in [-0.3, -0.25) is 9.59 Å². The Morgan fingerprint density at radius 1 is 1.39 bits per heavy atom. The largest absolute Gasteiger partial charge is 0.356 e. The molecule has 1 fully saturated rings. The summed E-state index contributed by atoms with van der Waals surface area (Å²) in [7, 11) is 3.61. The van der Waals surface area contributed by atoms with E-state index < -0.39 is 0 Å². The molecule has 0 bridgehead atoms. The second kappa shape index (κ2) is 9.11. The van der Waals surface area contributed by atoms with Crippen LogP contribution in [0.25, 0.3) is 0 Å². The lowest BCUT2D eigenvalue weighted by molar-refractivity contribution is -0.128. The minimum Gasteiger partial charge on any atom is -0.356 e. The smallest absolute Gasteiger partial charge is 0.226 e. The highest BCUT2D eigenvalue weighted by atomic mass is 35.5. The summed E-state index contributed by atoms with van der Waals surface area (Å²) in [6.07, 6.45) is 1.10. The summed E-state index contributed by atoms with van der Waals surface area (Å²) in [6.45, 7) is 1.46. The maximum Gasteiger partial charge on any atom is 0.226 e. The molecule has 2 atom stereocenters. The first-order valence-corrected chi connectivity index (χ1v) is 7.86. The Bertz CT molecular complexity index is 554. The molecule has 0 aliphatic carbocycles. The number of halogens is 2. The first-order valence-electron chi connectivity index (χ1n) is 7.48. The first kappa shape index (κ1) is 19.7. The number of nitrogens with one attached hydrogen (secondary N) is 2. The van der Waals surface area contributed by atoms with Gasteiger partial charge in [0.15, 0.2) is 0 Å². The van der Waals surface area contributed by atoms with E-state index in [0.717, 1.165) is 18.5 Å². The fraction of sp³-hybridized carbons (Fsp3) is 0.500. The zero-order chi connectivity index (χ0) is 16.1.